The molecule has 3 N–H and O–H groups in total. The van der Waals surface area contributed by atoms with Crippen molar-refractivity contribution in [2.75, 3.05) is 46.5 Å². The molecule has 5 aromatic rings. The number of aromatic nitrogens is 3. The number of nitrogens with one attached hydrogen (secondary N) is 2. The average Bonchev–Trinajstić information content (AvgIpc) is 3.60. The van der Waals surface area contributed by atoms with Crippen LogP contribution in [0.25, 0.3) is 32.8 Å². The molecule has 0 spiro atoms. The molecule has 1 fully saturated rings. The molecule has 248 valence electrons. The number of ether oxygens (including phenoxy) is 2. The van der Waals surface area contributed by atoms with E-state index in [1.54, 1.807) is 6.07 Å². The summed E-state index contributed by atoms with van der Waals surface area (Å²) in [7, 11) is 3.91. The van der Waals surface area contributed by atoms with Gasteiger partial charge in [0.05, 0.1) is 42.1 Å². The summed E-state index contributed by atoms with van der Waals surface area (Å²) in [6.45, 7) is 6.21. The summed E-state index contributed by atoms with van der Waals surface area (Å²) >= 11 is 7.04. The lowest BCUT2D eigenvalue weighted by atomic mass is 9.93. The van der Waals surface area contributed by atoms with E-state index in [0.717, 1.165) is 71.1 Å². The van der Waals surface area contributed by atoms with Crippen LogP contribution in [0.2, 0.25) is 5.02 Å². The van der Waals surface area contributed by atoms with Gasteiger partial charge < -0.3 is 24.9 Å². The number of fused-ring (bicyclic) bond motifs is 2. The van der Waals surface area contributed by atoms with Crippen LogP contribution < -0.4 is 10.1 Å². The van der Waals surface area contributed by atoms with Crippen molar-refractivity contribution in [1.29, 1.82) is 0 Å². The van der Waals surface area contributed by atoms with Gasteiger partial charge in [-0.1, -0.05) is 36.7 Å². The number of morpholine rings is 1. The van der Waals surface area contributed by atoms with Gasteiger partial charge in [-0.25, -0.2) is 9.18 Å². The number of aryl methyl sites for hydroxylation is 2. The number of benzene rings is 3. The quantitative estimate of drug-likeness (QED) is 0.120. The average molecular weight is 662 g/mol. The zero-order valence-corrected chi connectivity index (χ0v) is 27.8. The van der Waals surface area contributed by atoms with Crippen LogP contribution in [-0.4, -0.2) is 77.2 Å². The Morgan fingerprint density at radius 3 is 2.70 bits per heavy atom. The molecule has 1 unspecified atom stereocenters. The van der Waals surface area contributed by atoms with E-state index in [0.29, 0.717) is 54.5 Å². The summed E-state index contributed by atoms with van der Waals surface area (Å²) < 4.78 is 27.5. The molecule has 0 saturated carbocycles. The first-order valence-corrected chi connectivity index (χ1v) is 16.6. The maximum atomic E-state index is 13.8. The highest BCUT2D eigenvalue weighted by atomic mass is 35.5. The van der Waals surface area contributed by atoms with Crippen molar-refractivity contribution in [1.82, 2.24) is 25.0 Å². The molecule has 3 aromatic carbocycles. The summed E-state index contributed by atoms with van der Waals surface area (Å²) in [6, 6.07) is 14.0. The Kier molecular flexibility index (Phi) is 10.1. The Labute approximate surface area is 278 Å². The molecule has 0 radical (unpaired) electrons. The van der Waals surface area contributed by atoms with Crippen LogP contribution in [0, 0.1) is 5.82 Å². The Morgan fingerprint density at radius 1 is 1.17 bits per heavy atom. The molecule has 2 aromatic heterocycles. The van der Waals surface area contributed by atoms with Crippen LogP contribution in [0.3, 0.4) is 0 Å². The molecule has 0 bridgehead atoms. The van der Waals surface area contributed by atoms with Gasteiger partial charge in [0.1, 0.15) is 17.3 Å². The lowest BCUT2D eigenvalue weighted by Crippen LogP contribution is -2.40. The van der Waals surface area contributed by atoms with Crippen molar-refractivity contribution < 1.29 is 23.8 Å². The molecule has 47 heavy (non-hydrogen) atoms. The van der Waals surface area contributed by atoms with E-state index >= 15 is 0 Å². The SMILES string of the molecule is CCc1c(-c2c(Cl)ccc3c(CCCOc4cccc5cc(F)ccc45)c(C(=O)O)[nH]c23)c(C(CCNC)N2CCOCC2)nn1C. The number of nitrogens with zero attached hydrogens (tertiary/aromatic N) is 3. The highest BCUT2D eigenvalue weighted by Gasteiger charge is 2.32. The van der Waals surface area contributed by atoms with E-state index < -0.39 is 5.97 Å². The Bertz CT molecular complexity index is 1900. The fourth-order valence-electron chi connectivity index (χ4n) is 6.92. The third-order valence-electron chi connectivity index (χ3n) is 9.12. The van der Waals surface area contributed by atoms with Gasteiger partial charge in [-0.2, -0.15) is 5.10 Å². The number of carboxylic acid groups (broad SMARTS) is 1. The molecule has 1 atom stereocenters. The monoisotopic (exact) mass is 661 g/mol. The topological polar surface area (TPSA) is 105 Å². The van der Waals surface area contributed by atoms with Crippen molar-refractivity contribution in [3.05, 3.63) is 82.0 Å². The molecule has 1 aliphatic rings. The fourth-order valence-corrected chi connectivity index (χ4v) is 7.17. The summed E-state index contributed by atoms with van der Waals surface area (Å²) in [5.74, 6) is -0.662. The van der Waals surface area contributed by atoms with Crippen LogP contribution in [0.5, 0.6) is 5.75 Å². The smallest absolute Gasteiger partial charge is 0.352 e. The summed E-state index contributed by atoms with van der Waals surface area (Å²) in [6.07, 6.45) is 2.62. The van der Waals surface area contributed by atoms with E-state index in [4.69, 9.17) is 26.2 Å². The van der Waals surface area contributed by atoms with Crippen molar-refractivity contribution in [2.24, 2.45) is 7.05 Å². The van der Waals surface area contributed by atoms with Crippen molar-refractivity contribution in [2.45, 2.75) is 38.6 Å². The van der Waals surface area contributed by atoms with E-state index in [-0.39, 0.29) is 17.6 Å². The third kappa shape index (κ3) is 6.60. The number of aromatic carboxylic acids is 1. The molecule has 11 heteroatoms. The second kappa shape index (κ2) is 14.4. The van der Waals surface area contributed by atoms with Gasteiger partial charge in [-0.3, -0.25) is 9.58 Å². The summed E-state index contributed by atoms with van der Waals surface area (Å²) in [5, 5.41) is 21.7. The highest BCUT2D eigenvalue weighted by Crippen LogP contribution is 2.44. The molecular weight excluding hydrogens is 621 g/mol. The molecule has 6 rings (SSSR count). The molecule has 0 amide bonds. The number of aromatic amines is 1. The Morgan fingerprint density at radius 2 is 1.96 bits per heavy atom. The first kappa shape index (κ1) is 33.0. The first-order valence-electron chi connectivity index (χ1n) is 16.2. The van der Waals surface area contributed by atoms with Gasteiger partial charge >= 0.3 is 5.97 Å². The largest absolute Gasteiger partial charge is 0.493 e. The van der Waals surface area contributed by atoms with E-state index in [9.17, 15) is 14.3 Å². The van der Waals surface area contributed by atoms with Gasteiger partial charge in [0.25, 0.3) is 0 Å². The van der Waals surface area contributed by atoms with Crippen LogP contribution in [-0.2, 0) is 24.6 Å². The van der Waals surface area contributed by atoms with Crippen LogP contribution in [0.4, 0.5) is 4.39 Å². The molecule has 3 heterocycles. The minimum absolute atomic E-state index is 0.0234. The number of hydrogen-bond donors (Lipinski definition) is 3. The van der Waals surface area contributed by atoms with Gasteiger partial charge in [0.2, 0.25) is 0 Å². The molecule has 0 aliphatic carbocycles. The van der Waals surface area contributed by atoms with Crippen molar-refractivity contribution in [3.63, 3.8) is 0 Å². The van der Waals surface area contributed by atoms with Crippen molar-refractivity contribution >= 4 is 39.2 Å². The van der Waals surface area contributed by atoms with Crippen LogP contribution in [0.15, 0.2) is 48.5 Å². The fraction of sp³-hybridized carbons (Fsp3) is 0.389. The second-order valence-electron chi connectivity index (χ2n) is 11.9. The van der Waals surface area contributed by atoms with Gasteiger partial charge in [-0.15, -0.1) is 0 Å². The highest BCUT2D eigenvalue weighted by molar-refractivity contribution is 6.35. The second-order valence-corrected chi connectivity index (χ2v) is 12.3. The minimum Gasteiger partial charge on any atom is -0.493 e. The predicted molar refractivity (Wildman–Crippen MR) is 183 cm³/mol. The first-order chi connectivity index (χ1) is 22.8. The maximum absolute atomic E-state index is 13.8. The number of H-pyrrole nitrogens is 1. The van der Waals surface area contributed by atoms with Crippen molar-refractivity contribution in [3.8, 4) is 16.9 Å². The molecule has 9 nitrogen and oxygen atoms in total. The standard InChI is InChI=1S/C36H41ClFN5O4/c1-4-28-32(35(41-42(28)3)29(14-15-39-2)43-16-19-46-20-17-43)31-27(37)13-12-26-25(34(36(44)45)40-33(26)31)8-6-18-47-30-9-5-7-22-21-23(38)10-11-24(22)30/h5,7,9-13,21,29,39-40H,4,6,8,14-20H2,1-3H3,(H,44,45). The Balaban J connectivity index is 1.37. The summed E-state index contributed by atoms with van der Waals surface area (Å²) in [4.78, 5) is 18.3. The van der Waals surface area contributed by atoms with Gasteiger partial charge in [0.15, 0.2) is 0 Å². The Hall–Kier alpha value is -3.96. The normalized spacial score (nSPS) is 14.7. The number of carboxylic acids is 1. The van der Waals surface area contributed by atoms with Gasteiger partial charge in [0, 0.05) is 47.7 Å². The van der Waals surface area contributed by atoms with Crippen LogP contribution in [0.1, 0.15) is 53.2 Å². The molecular formula is C36H41ClFN5O4. The lowest BCUT2D eigenvalue weighted by molar-refractivity contribution is 0.0135. The van der Waals surface area contributed by atoms with Crippen LogP contribution >= 0.6 is 11.6 Å². The maximum Gasteiger partial charge on any atom is 0.352 e. The zero-order valence-electron chi connectivity index (χ0n) is 27.0. The summed E-state index contributed by atoms with van der Waals surface area (Å²) in [5.41, 5.74) is 5.25. The lowest BCUT2D eigenvalue weighted by Gasteiger charge is -2.34. The number of carbonyl (C=O) groups is 1. The van der Waals surface area contributed by atoms with Gasteiger partial charge in [-0.05, 0) is 80.6 Å². The predicted octanol–water partition coefficient (Wildman–Crippen LogP) is 6.77. The van der Waals surface area contributed by atoms with E-state index in [1.807, 2.05) is 49.1 Å². The minimum atomic E-state index is -1.03. The third-order valence-corrected chi connectivity index (χ3v) is 9.44. The number of rotatable bonds is 13. The number of halogens is 2. The molecule has 1 saturated heterocycles. The molecule has 1 aliphatic heterocycles. The zero-order chi connectivity index (χ0) is 33.1. The number of hydrogen-bond acceptors (Lipinski definition) is 6. The van der Waals surface area contributed by atoms with E-state index in [1.165, 1.54) is 12.1 Å². The van der Waals surface area contributed by atoms with E-state index in [2.05, 4.69) is 22.1 Å².